The van der Waals surface area contributed by atoms with Gasteiger partial charge in [-0.05, 0) is 29.8 Å². The Morgan fingerprint density at radius 3 is 2.73 bits per heavy atom. The number of carbonyl (C=O) groups is 1. The van der Waals surface area contributed by atoms with Crippen LogP contribution in [0, 0.1) is 5.82 Å². The van der Waals surface area contributed by atoms with Crippen molar-refractivity contribution < 1.29 is 18.7 Å². The van der Waals surface area contributed by atoms with E-state index in [0.29, 0.717) is 15.3 Å². The molecular formula is C20H16FN5O3S. The molecule has 1 amide bonds. The summed E-state index contributed by atoms with van der Waals surface area (Å²) < 4.78 is 24.5. The molecule has 0 bridgehead atoms. The highest BCUT2D eigenvalue weighted by atomic mass is 32.1. The van der Waals surface area contributed by atoms with Gasteiger partial charge in [-0.3, -0.25) is 14.7 Å². The molecule has 30 heavy (non-hydrogen) atoms. The zero-order valence-corrected chi connectivity index (χ0v) is 16.9. The van der Waals surface area contributed by atoms with E-state index in [-0.39, 0.29) is 29.9 Å². The van der Waals surface area contributed by atoms with Crippen LogP contribution in [0.5, 0.6) is 11.9 Å². The predicted octanol–water partition coefficient (Wildman–Crippen LogP) is 3.48. The molecule has 3 aromatic heterocycles. The smallest absolute Gasteiger partial charge is 0.320 e. The third kappa shape index (κ3) is 4.03. The molecule has 3 heterocycles. The highest BCUT2D eigenvalue weighted by Crippen LogP contribution is 2.31. The number of carbonyl (C=O) groups excluding carboxylic acids is 1. The number of methoxy groups -OCH3 is 2. The van der Waals surface area contributed by atoms with Crippen LogP contribution in [-0.4, -0.2) is 40.1 Å². The lowest BCUT2D eigenvalue weighted by atomic mass is 10.2. The molecule has 0 aliphatic carbocycles. The number of halogens is 1. The number of hydrogen-bond acceptors (Lipinski definition) is 8. The molecule has 0 spiro atoms. The maximum atomic E-state index is 13.6. The van der Waals surface area contributed by atoms with Crippen LogP contribution >= 0.6 is 11.3 Å². The molecule has 0 N–H and O–H groups in total. The zero-order chi connectivity index (χ0) is 21.1. The first-order valence-corrected chi connectivity index (χ1v) is 9.63. The molecule has 0 radical (unpaired) electrons. The van der Waals surface area contributed by atoms with Gasteiger partial charge in [0.25, 0.3) is 5.91 Å². The van der Waals surface area contributed by atoms with Crippen molar-refractivity contribution in [3.05, 3.63) is 65.9 Å². The monoisotopic (exact) mass is 425 g/mol. The number of benzene rings is 1. The first kappa shape index (κ1) is 19.6. The van der Waals surface area contributed by atoms with Crippen molar-refractivity contribution in [3.8, 4) is 11.9 Å². The minimum absolute atomic E-state index is 0.00500. The number of fused-ring (bicyclic) bond motifs is 1. The minimum atomic E-state index is -0.433. The molecular weight excluding hydrogens is 409 g/mol. The van der Waals surface area contributed by atoms with Gasteiger partial charge in [0.15, 0.2) is 5.13 Å². The number of pyridine rings is 1. The molecule has 0 saturated carbocycles. The van der Waals surface area contributed by atoms with Crippen LogP contribution in [0.2, 0.25) is 0 Å². The van der Waals surface area contributed by atoms with E-state index < -0.39 is 5.91 Å². The summed E-state index contributed by atoms with van der Waals surface area (Å²) in [6.45, 7) is 0.198. The van der Waals surface area contributed by atoms with E-state index >= 15 is 0 Å². The van der Waals surface area contributed by atoms with Crippen molar-refractivity contribution in [1.29, 1.82) is 0 Å². The average molecular weight is 425 g/mol. The van der Waals surface area contributed by atoms with Gasteiger partial charge in [0.05, 0.1) is 31.0 Å². The Bertz CT molecular complexity index is 1180. The Labute approximate surface area is 175 Å². The summed E-state index contributed by atoms with van der Waals surface area (Å²) in [5.74, 6) is -0.608. The number of aromatic nitrogens is 4. The van der Waals surface area contributed by atoms with Gasteiger partial charge in [0.1, 0.15) is 11.5 Å². The topological polar surface area (TPSA) is 90.3 Å². The molecule has 1 aromatic carbocycles. The first-order chi connectivity index (χ1) is 14.6. The van der Waals surface area contributed by atoms with Gasteiger partial charge in [-0.15, -0.1) is 0 Å². The Kier molecular flexibility index (Phi) is 5.48. The molecule has 0 aliphatic heterocycles. The predicted molar refractivity (Wildman–Crippen MR) is 109 cm³/mol. The van der Waals surface area contributed by atoms with Crippen molar-refractivity contribution >= 4 is 32.6 Å². The summed E-state index contributed by atoms with van der Waals surface area (Å²) in [4.78, 5) is 31.7. The molecule has 0 unspecified atom stereocenters. The lowest BCUT2D eigenvalue weighted by molar-refractivity contribution is 0.0978. The molecule has 4 rings (SSSR count). The standard InChI is InChI=1S/C20H16FN5O3S/c1-28-17-9-15(23-19(25-17)29-2)18(27)26(11-12-4-3-7-22-10-12)20-24-14-6-5-13(21)8-16(14)30-20/h3-10H,11H2,1-2H3. The largest absolute Gasteiger partial charge is 0.481 e. The molecule has 0 aliphatic rings. The van der Waals surface area contributed by atoms with Crippen LogP contribution in [0.15, 0.2) is 48.8 Å². The molecule has 10 heteroatoms. The fourth-order valence-electron chi connectivity index (χ4n) is 2.75. The second-order valence-electron chi connectivity index (χ2n) is 6.14. The number of hydrogen-bond donors (Lipinski definition) is 0. The van der Waals surface area contributed by atoms with Crippen LogP contribution in [-0.2, 0) is 6.54 Å². The highest BCUT2D eigenvalue weighted by Gasteiger charge is 2.25. The van der Waals surface area contributed by atoms with Gasteiger partial charge in [-0.25, -0.2) is 9.37 Å². The number of amides is 1. The van der Waals surface area contributed by atoms with E-state index in [2.05, 4.69) is 19.9 Å². The van der Waals surface area contributed by atoms with E-state index in [9.17, 15) is 9.18 Å². The van der Waals surface area contributed by atoms with Crippen LogP contribution < -0.4 is 14.4 Å². The Morgan fingerprint density at radius 2 is 2.00 bits per heavy atom. The zero-order valence-electron chi connectivity index (χ0n) is 16.1. The Hall–Kier alpha value is -3.66. The van der Waals surface area contributed by atoms with E-state index in [1.165, 1.54) is 48.7 Å². The van der Waals surface area contributed by atoms with Gasteiger partial charge in [-0.1, -0.05) is 17.4 Å². The summed E-state index contributed by atoms with van der Waals surface area (Å²) >= 11 is 1.21. The summed E-state index contributed by atoms with van der Waals surface area (Å²) in [5.41, 5.74) is 1.47. The van der Waals surface area contributed by atoms with Gasteiger partial charge in [0, 0.05) is 18.5 Å². The van der Waals surface area contributed by atoms with Gasteiger partial charge < -0.3 is 9.47 Å². The van der Waals surface area contributed by atoms with Crippen molar-refractivity contribution in [2.45, 2.75) is 6.54 Å². The molecule has 4 aromatic rings. The number of rotatable bonds is 6. The lowest BCUT2D eigenvalue weighted by Gasteiger charge is -2.19. The van der Waals surface area contributed by atoms with Gasteiger partial charge in [-0.2, -0.15) is 9.97 Å². The van der Waals surface area contributed by atoms with E-state index in [0.717, 1.165) is 5.56 Å². The van der Waals surface area contributed by atoms with Crippen molar-refractivity contribution in [2.75, 3.05) is 19.1 Å². The third-order valence-electron chi connectivity index (χ3n) is 4.17. The molecule has 0 atom stereocenters. The van der Waals surface area contributed by atoms with Crippen molar-refractivity contribution in [1.82, 2.24) is 19.9 Å². The maximum absolute atomic E-state index is 13.6. The Morgan fingerprint density at radius 1 is 1.13 bits per heavy atom. The minimum Gasteiger partial charge on any atom is -0.481 e. The fourth-order valence-corrected chi connectivity index (χ4v) is 3.74. The van der Waals surface area contributed by atoms with Gasteiger partial charge >= 0.3 is 6.01 Å². The van der Waals surface area contributed by atoms with Gasteiger partial charge in [0.2, 0.25) is 5.88 Å². The Balaban J connectivity index is 1.79. The maximum Gasteiger partial charge on any atom is 0.320 e. The summed E-state index contributed by atoms with van der Waals surface area (Å²) in [5, 5.41) is 0.404. The number of thiazole rings is 1. The van der Waals surface area contributed by atoms with Crippen LogP contribution in [0.25, 0.3) is 10.2 Å². The van der Waals surface area contributed by atoms with Crippen LogP contribution in [0.3, 0.4) is 0 Å². The lowest BCUT2D eigenvalue weighted by Crippen LogP contribution is -2.31. The number of anilines is 1. The van der Waals surface area contributed by atoms with E-state index in [4.69, 9.17) is 9.47 Å². The fraction of sp³-hybridized carbons (Fsp3) is 0.150. The summed E-state index contributed by atoms with van der Waals surface area (Å²) in [6.07, 6.45) is 3.31. The number of ether oxygens (including phenoxy) is 2. The first-order valence-electron chi connectivity index (χ1n) is 8.81. The molecule has 152 valence electrons. The van der Waals surface area contributed by atoms with Crippen LogP contribution in [0.1, 0.15) is 16.1 Å². The average Bonchev–Trinajstić information content (AvgIpc) is 3.20. The summed E-state index contributed by atoms with van der Waals surface area (Å²) in [7, 11) is 2.84. The molecule has 8 nitrogen and oxygen atoms in total. The van der Waals surface area contributed by atoms with E-state index in [1.54, 1.807) is 24.5 Å². The normalized spacial score (nSPS) is 10.8. The number of nitrogens with zero attached hydrogens (tertiary/aromatic N) is 5. The molecule has 0 fully saturated rings. The summed E-state index contributed by atoms with van der Waals surface area (Å²) in [6, 6.07) is 9.36. The third-order valence-corrected chi connectivity index (χ3v) is 5.21. The van der Waals surface area contributed by atoms with Crippen LogP contribution in [0.4, 0.5) is 9.52 Å². The molecule has 0 saturated heterocycles. The quantitative estimate of drug-likeness (QED) is 0.467. The highest BCUT2D eigenvalue weighted by molar-refractivity contribution is 7.22. The second kappa shape index (κ2) is 8.37. The second-order valence-corrected chi connectivity index (χ2v) is 7.15. The van der Waals surface area contributed by atoms with Crippen molar-refractivity contribution in [3.63, 3.8) is 0 Å². The van der Waals surface area contributed by atoms with E-state index in [1.807, 2.05) is 6.07 Å². The van der Waals surface area contributed by atoms with Crippen molar-refractivity contribution in [2.24, 2.45) is 0 Å². The SMILES string of the molecule is COc1cc(C(=O)N(Cc2cccnc2)c2nc3ccc(F)cc3s2)nc(OC)n1.